The molecular formula is C19H26N4O6. The Kier molecular flexibility index (Phi) is 7.98. The van der Waals surface area contributed by atoms with Crippen LogP contribution in [0.3, 0.4) is 0 Å². The lowest BCUT2D eigenvalue weighted by Crippen LogP contribution is -2.23. The van der Waals surface area contributed by atoms with E-state index in [9.17, 15) is 4.79 Å². The van der Waals surface area contributed by atoms with Crippen LogP contribution in [0.2, 0.25) is 0 Å². The fourth-order valence-electron chi connectivity index (χ4n) is 2.50. The summed E-state index contributed by atoms with van der Waals surface area (Å²) >= 11 is 0. The normalized spacial score (nSPS) is 11.6. The molecule has 2 aromatic rings. The van der Waals surface area contributed by atoms with Gasteiger partial charge in [-0.2, -0.15) is 4.98 Å². The minimum atomic E-state index is -0.493. The van der Waals surface area contributed by atoms with E-state index < -0.39 is 12.2 Å². The van der Waals surface area contributed by atoms with E-state index in [0.29, 0.717) is 29.2 Å². The van der Waals surface area contributed by atoms with Gasteiger partial charge < -0.3 is 29.4 Å². The van der Waals surface area contributed by atoms with Crippen LogP contribution in [-0.2, 0) is 20.7 Å². The second-order valence-corrected chi connectivity index (χ2v) is 5.98. The third-order valence-corrected chi connectivity index (χ3v) is 4.05. The van der Waals surface area contributed by atoms with Gasteiger partial charge in [0.15, 0.2) is 17.8 Å². The molecule has 0 bridgehead atoms. The van der Waals surface area contributed by atoms with Gasteiger partial charge in [0.1, 0.15) is 12.4 Å². The Morgan fingerprint density at radius 3 is 2.31 bits per heavy atom. The molecule has 1 aromatic heterocycles. The highest BCUT2D eigenvalue weighted by Gasteiger charge is 2.15. The van der Waals surface area contributed by atoms with Gasteiger partial charge in [-0.15, -0.1) is 0 Å². The van der Waals surface area contributed by atoms with Crippen molar-refractivity contribution < 1.29 is 28.5 Å². The van der Waals surface area contributed by atoms with E-state index in [2.05, 4.69) is 15.3 Å². The molecule has 0 saturated carbocycles. The number of nitrogens with two attached hydrogens (primary N) is 1. The first-order valence-corrected chi connectivity index (χ1v) is 8.76. The van der Waals surface area contributed by atoms with Gasteiger partial charge in [0.25, 0.3) is 5.91 Å². The van der Waals surface area contributed by atoms with Crippen LogP contribution < -0.4 is 25.3 Å². The first-order chi connectivity index (χ1) is 13.9. The number of nitrogens with zero attached hydrogens (tertiary/aromatic N) is 2. The van der Waals surface area contributed by atoms with Crippen molar-refractivity contribution in [2.75, 3.05) is 46.1 Å². The molecule has 0 saturated heterocycles. The average molecular weight is 406 g/mol. The van der Waals surface area contributed by atoms with Crippen molar-refractivity contribution in [3.63, 3.8) is 0 Å². The minimum absolute atomic E-state index is 0.0924. The predicted molar refractivity (Wildman–Crippen MR) is 106 cm³/mol. The van der Waals surface area contributed by atoms with Gasteiger partial charge in [-0.3, -0.25) is 10.1 Å². The van der Waals surface area contributed by atoms with Gasteiger partial charge in [0, 0.05) is 25.3 Å². The Morgan fingerprint density at radius 1 is 1.14 bits per heavy atom. The summed E-state index contributed by atoms with van der Waals surface area (Å²) in [5.74, 6) is 1.51. The third kappa shape index (κ3) is 5.93. The van der Waals surface area contributed by atoms with Gasteiger partial charge in [-0.25, -0.2) is 4.98 Å². The zero-order valence-corrected chi connectivity index (χ0v) is 17.1. The van der Waals surface area contributed by atoms with E-state index >= 15 is 0 Å². The predicted octanol–water partition coefficient (Wildman–Crippen LogP) is 1.62. The Bertz CT molecular complexity index is 820. The highest BCUT2D eigenvalue weighted by Crippen LogP contribution is 2.38. The Hall–Kier alpha value is -3.11. The number of carbonyl (C=O) groups is 1. The summed E-state index contributed by atoms with van der Waals surface area (Å²) in [4.78, 5) is 20.2. The number of ether oxygens (including phenoxy) is 5. The summed E-state index contributed by atoms with van der Waals surface area (Å²) in [6.45, 7) is 1.49. The van der Waals surface area contributed by atoms with Crippen molar-refractivity contribution in [2.45, 2.75) is 19.6 Å². The number of nitrogens with one attached hydrogen (secondary N) is 1. The van der Waals surface area contributed by atoms with Crippen molar-refractivity contribution in [1.29, 1.82) is 0 Å². The number of rotatable bonds is 10. The fraction of sp³-hybridized carbons (Fsp3) is 0.421. The summed E-state index contributed by atoms with van der Waals surface area (Å²) in [5.41, 5.74) is 7.60. The Morgan fingerprint density at radius 2 is 1.79 bits per heavy atom. The fourth-order valence-corrected chi connectivity index (χ4v) is 2.50. The molecule has 10 heteroatoms. The van der Waals surface area contributed by atoms with E-state index in [0.717, 1.165) is 5.56 Å². The standard InChI is InChI=1S/C19H26N4O6/c1-11(25-2)29-10-16(24)22-19-21-9-13(18(20)23-19)6-12-7-14(26-3)17(28-5)15(8-12)27-4/h7-9,11H,6,10H2,1-5H3,(H3,20,21,22,23,24). The number of carbonyl (C=O) groups excluding carboxylic acids is 1. The van der Waals surface area contributed by atoms with Gasteiger partial charge in [0.2, 0.25) is 11.7 Å². The van der Waals surface area contributed by atoms with Crippen LogP contribution in [-0.4, -0.2) is 57.2 Å². The second kappa shape index (κ2) is 10.4. The first kappa shape index (κ1) is 22.2. The van der Waals surface area contributed by atoms with Crippen LogP contribution in [0.15, 0.2) is 18.3 Å². The van der Waals surface area contributed by atoms with Gasteiger partial charge in [-0.05, 0) is 24.6 Å². The van der Waals surface area contributed by atoms with Crippen molar-refractivity contribution in [3.8, 4) is 17.2 Å². The lowest BCUT2D eigenvalue weighted by molar-refractivity contribution is -0.139. The van der Waals surface area contributed by atoms with Crippen molar-refractivity contribution in [3.05, 3.63) is 29.5 Å². The third-order valence-electron chi connectivity index (χ3n) is 4.05. The zero-order valence-electron chi connectivity index (χ0n) is 17.1. The van der Waals surface area contributed by atoms with Crippen molar-refractivity contribution in [2.24, 2.45) is 0 Å². The first-order valence-electron chi connectivity index (χ1n) is 8.76. The van der Waals surface area contributed by atoms with E-state index in [-0.39, 0.29) is 18.4 Å². The molecule has 2 rings (SSSR count). The topological polar surface area (TPSA) is 127 Å². The molecule has 0 fully saturated rings. The summed E-state index contributed by atoms with van der Waals surface area (Å²) < 4.78 is 26.1. The quantitative estimate of drug-likeness (QED) is 0.566. The summed E-state index contributed by atoms with van der Waals surface area (Å²) in [6, 6.07) is 3.65. The summed E-state index contributed by atoms with van der Waals surface area (Å²) in [6.07, 6.45) is 1.50. The van der Waals surface area contributed by atoms with Crippen LogP contribution in [0.25, 0.3) is 0 Å². The van der Waals surface area contributed by atoms with Crippen LogP contribution >= 0.6 is 0 Å². The second-order valence-electron chi connectivity index (χ2n) is 5.98. The molecule has 1 amide bonds. The highest BCUT2D eigenvalue weighted by molar-refractivity contribution is 5.90. The van der Waals surface area contributed by atoms with Crippen LogP contribution in [0.5, 0.6) is 17.2 Å². The number of nitrogen functional groups attached to an aromatic ring is 1. The van der Waals surface area contributed by atoms with Crippen LogP contribution in [0.4, 0.5) is 11.8 Å². The SMILES string of the molecule is COc1cc(Cc2cnc(NC(=O)COC(C)OC)nc2N)cc(OC)c1OC. The highest BCUT2D eigenvalue weighted by atomic mass is 16.7. The molecule has 29 heavy (non-hydrogen) atoms. The molecule has 158 valence electrons. The monoisotopic (exact) mass is 406 g/mol. The van der Waals surface area contributed by atoms with Gasteiger partial charge in [-0.1, -0.05) is 0 Å². The number of benzene rings is 1. The summed E-state index contributed by atoms with van der Waals surface area (Å²) in [5, 5.41) is 2.53. The van der Waals surface area contributed by atoms with Crippen LogP contribution in [0, 0.1) is 0 Å². The number of amides is 1. The maximum absolute atomic E-state index is 11.9. The molecule has 1 heterocycles. The maximum atomic E-state index is 11.9. The molecule has 10 nitrogen and oxygen atoms in total. The zero-order chi connectivity index (χ0) is 21.4. The molecule has 0 aliphatic rings. The van der Waals surface area contributed by atoms with E-state index in [1.807, 2.05) is 12.1 Å². The van der Waals surface area contributed by atoms with Gasteiger partial charge >= 0.3 is 0 Å². The lowest BCUT2D eigenvalue weighted by Gasteiger charge is -2.14. The lowest BCUT2D eigenvalue weighted by atomic mass is 10.1. The molecule has 0 aliphatic carbocycles. The van der Waals surface area contributed by atoms with Crippen LogP contribution in [0.1, 0.15) is 18.1 Å². The number of anilines is 2. The van der Waals surface area contributed by atoms with Gasteiger partial charge in [0.05, 0.1) is 21.3 Å². The minimum Gasteiger partial charge on any atom is -0.493 e. The molecule has 1 aromatic carbocycles. The Balaban J connectivity index is 2.12. The van der Waals surface area contributed by atoms with Crippen molar-refractivity contribution >= 4 is 17.7 Å². The molecule has 0 radical (unpaired) electrons. The smallest absolute Gasteiger partial charge is 0.252 e. The maximum Gasteiger partial charge on any atom is 0.252 e. The average Bonchev–Trinajstić information content (AvgIpc) is 2.73. The molecular weight excluding hydrogens is 380 g/mol. The number of hydrogen-bond donors (Lipinski definition) is 2. The molecule has 0 aliphatic heterocycles. The number of hydrogen-bond acceptors (Lipinski definition) is 9. The van der Waals surface area contributed by atoms with E-state index in [4.69, 9.17) is 29.4 Å². The molecule has 0 spiro atoms. The summed E-state index contributed by atoms with van der Waals surface area (Å²) in [7, 11) is 6.12. The molecule has 3 N–H and O–H groups in total. The van der Waals surface area contributed by atoms with Crippen molar-refractivity contribution in [1.82, 2.24) is 9.97 Å². The number of methoxy groups -OCH3 is 4. The van der Waals surface area contributed by atoms with E-state index in [1.165, 1.54) is 7.11 Å². The number of aromatic nitrogens is 2. The van der Waals surface area contributed by atoms with E-state index in [1.54, 1.807) is 34.4 Å². The largest absolute Gasteiger partial charge is 0.493 e. The molecule has 1 atom stereocenters. The Labute approximate surface area is 169 Å². The molecule has 1 unspecified atom stereocenters.